The van der Waals surface area contributed by atoms with Crippen LogP contribution in [-0.2, 0) is 0 Å². The van der Waals surface area contributed by atoms with E-state index >= 15 is 0 Å². The molecule has 3 nitrogen and oxygen atoms in total. The summed E-state index contributed by atoms with van der Waals surface area (Å²) in [6.07, 6.45) is 0. The number of aryl methyl sites for hydroxylation is 1. The van der Waals surface area contributed by atoms with Crippen LogP contribution in [0.1, 0.15) is 11.1 Å². The van der Waals surface area contributed by atoms with Crippen LogP contribution in [0.2, 0.25) is 5.02 Å². The summed E-state index contributed by atoms with van der Waals surface area (Å²) < 4.78 is 5.27. The van der Waals surface area contributed by atoms with Gasteiger partial charge in [-0.25, -0.2) is 0 Å². The highest BCUT2D eigenvalue weighted by Gasteiger charge is 2.16. The highest BCUT2D eigenvalue weighted by atomic mass is 35.5. The number of aromatic nitrogens is 1. The van der Waals surface area contributed by atoms with Crippen LogP contribution in [0.25, 0.3) is 22.2 Å². The van der Waals surface area contributed by atoms with E-state index in [0.29, 0.717) is 5.58 Å². The van der Waals surface area contributed by atoms with Gasteiger partial charge in [-0.15, -0.1) is 0 Å². The number of benzene rings is 2. The minimum absolute atomic E-state index is 0.00201. The van der Waals surface area contributed by atoms with Gasteiger partial charge in [-0.1, -0.05) is 35.0 Å². The Balaban J connectivity index is 2.33. The number of phenolic OH excluding ortho intramolecular Hbond substituents is 1. The van der Waals surface area contributed by atoms with Crippen molar-refractivity contribution in [1.82, 2.24) is 5.16 Å². The van der Waals surface area contributed by atoms with Crippen molar-refractivity contribution in [2.24, 2.45) is 0 Å². The van der Waals surface area contributed by atoms with Crippen LogP contribution in [0.3, 0.4) is 0 Å². The van der Waals surface area contributed by atoms with Crippen molar-refractivity contribution < 1.29 is 9.63 Å². The number of fused-ring (bicyclic) bond motifs is 1. The Morgan fingerprint density at radius 2 is 1.95 bits per heavy atom. The van der Waals surface area contributed by atoms with Gasteiger partial charge in [-0.05, 0) is 37.1 Å². The fourth-order valence-electron chi connectivity index (χ4n) is 2.16. The Bertz CT molecular complexity index is 777. The smallest absolute Gasteiger partial charge is 0.189 e. The summed E-state index contributed by atoms with van der Waals surface area (Å²) in [7, 11) is 0. The van der Waals surface area contributed by atoms with Gasteiger partial charge < -0.3 is 9.63 Å². The van der Waals surface area contributed by atoms with Crippen molar-refractivity contribution in [2.45, 2.75) is 13.8 Å². The van der Waals surface area contributed by atoms with Crippen LogP contribution in [0.15, 0.2) is 34.9 Å². The summed E-state index contributed by atoms with van der Waals surface area (Å²) >= 11 is 6.01. The lowest BCUT2D eigenvalue weighted by Gasteiger charge is -2.05. The van der Waals surface area contributed by atoms with Crippen molar-refractivity contribution in [3.63, 3.8) is 0 Å². The maximum absolute atomic E-state index is 9.58. The summed E-state index contributed by atoms with van der Waals surface area (Å²) in [4.78, 5) is 0. The second-order valence-corrected chi connectivity index (χ2v) is 4.93. The van der Waals surface area contributed by atoms with Gasteiger partial charge in [0.1, 0.15) is 16.5 Å². The van der Waals surface area contributed by atoms with Crippen LogP contribution < -0.4 is 0 Å². The van der Waals surface area contributed by atoms with Crippen LogP contribution in [0, 0.1) is 13.8 Å². The first-order chi connectivity index (χ1) is 9.09. The zero-order valence-electron chi connectivity index (χ0n) is 10.6. The lowest BCUT2D eigenvalue weighted by Crippen LogP contribution is -1.87. The molecule has 0 amide bonds. The topological polar surface area (TPSA) is 46.3 Å². The predicted molar refractivity (Wildman–Crippen MR) is 75.6 cm³/mol. The van der Waals surface area contributed by atoms with Gasteiger partial charge in [-0.2, -0.15) is 0 Å². The summed E-state index contributed by atoms with van der Waals surface area (Å²) in [6.45, 7) is 4.10. The zero-order valence-corrected chi connectivity index (χ0v) is 11.3. The number of hydrogen-bond acceptors (Lipinski definition) is 3. The molecule has 1 aromatic heterocycles. The molecule has 0 aliphatic rings. The molecule has 0 fully saturated rings. The first-order valence-electron chi connectivity index (χ1n) is 5.93. The van der Waals surface area contributed by atoms with Crippen LogP contribution in [-0.4, -0.2) is 10.3 Å². The molecule has 0 unspecified atom stereocenters. The summed E-state index contributed by atoms with van der Waals surface area (Å²) in [5.41, 5.74) is 4.52. The Morgan fingerprint density at radius 1 is 1.16 bits per heavy atom. The third-order valence-corrected chi connectivity index (χ3v) is 3.79. The van der Waals surface area contributed by atoms with E-state index in [1.165, 1.54) is 5.56 Å². The molecule has 0 radical (unpaired) electrons. The molecule has 19 heavy (non-hydrogen) atoms. The third-order valence-electron chi connectivity index (χ3n) is 3.42. The average molecular weight is 274 g/mol. The highest BCUT2D eigenvalue weighted by molar-refractivity contribution is 6.36. The minimum Gasteiger partial charge on any atom is -0.506 e. The van der Waals surface area contributed by atoms with E-state index in [1.54, 1.807) is 12.1 Å². The van der Waals surface area contributed by atoms with Crippen LogP contribution in [0.4, 0.5) is 0 Å². The molecule has 0 aliphatic heterocycles. The standard InChI is InChI=1S/C15H12ClNO2/c1-8-4-3-5-10(9(8)2)14-11-6-7-12(18)13(16)15(11)19-17-14/h3-7,18H,1-2H3. The SMILES string of the molecule is Cc1cccc(-c2noc3c(Cl)c(O)ccc23)c1C. The molecule has 0 aliphatic carbocycles. The Morgan fingerprint density at radius 3 is 2.74 bits per heavy atom. The molecular weight excluding hydrogens is 262 g/mol. The first-order valence-corrected chi connectivity index (χ1v) is 6.31. The van der Waals surface area contributed by atoms with Gasteiger partial charge in [0.15, 0.2) is 5.58 Å². The van der Waals surface area contributed by atoms with Crippen molar-refractivity contribution in [3.8, 4) is 17.0 Å². The molecule has 0 saturated heterocycles. The molecule has 96 valence electrons. The van der Waals surface area contributed by atoms with Crippen molar-refractivity contribution >= 4 is 22.6 Å². The van der Waals surface area contributed by atoms with Crippen LogP contribution in [0.5, 0.6) is 5.75 Å². The number of rotatable bonds is 1. The Hall–Kier alpha value is -2.00. The van der Waals surface area contributed by atoms with Crippen molar-refractivity contribution in [3.05, 3.63) is 46.5 Å². The van der Waals surface area contributed by atoms with Gasteiger partial charge in [0.05, 0.1) is 5.39 Å². The van der Waals surface area contributed by atoms with E-state index < -0.39 is 0 Å². The number of nitrogens with zero attached hydrogens (tertiary/aromatic N) is 1. The van der Waals surface area contributed by atoms with E-state index in [0.717, 1.165) is 22.2 Å². The quantitative estimate of drug-likeness (QED) is 0.711. The van der Waals surface area contributed by atoms with E-state index in [1.807, 2.05) is 19.1 Å². The van der Waals surface area contributed by atoms with Gasteiger partial charge in [0, 0.05) is 5.56 Å². The molecule has 0 saturated carbocycles. The molecule has 4 heteroatoms. The summed E-state index contributed by atoms with van der Waals surface area (Å²) in [5, 5.41) is 14.7. The van der Waals surface area contributed by atoms with Gasteiger partial charge >= 0.3 is 0 Å². The molecule has 1 heterocycles. The third kappa shape index (κ3) is 1.78. The number of hydrogen-bond donors (Lipinski definition) is 1. The zero-order chi connectivity index (χ0) is 13.6. The molecule has 3 aromatic rings. The predicted octanol–water partition coefficient (Wildman–Crippen LogP) is 4.47. The minimum atomic E-state index is -0.00201. The summed E-state index contributed by atoms with van der Waals surface area (Å²) in [5.74, 6) is -0.00201. The van der Waals surface area contributed by atoms with Gasteiger partial charge in [0.2, 0.25) is 0 Å². The number of halogens is 1. The van der Waals surface area contributed by atoms with E-state index in [4.69, 9.17) is 16.1 Å². The number of aromatic hydroxyl groups is 1. The molecule has 0 bridgehead atoms. The van der Waals surface area contributed by atoms with Crippen LogP contribution >= 0.6 is 11.6 Å². The number of phenols is 1. The lowest BCUT2D eigenvalue weighted by molar-refractivity contribution is 0.451. The molecule has 1 N–H and O–H groups in total. The second kappa shape index (κ2) is 4.28. The van der Waals surface area contributed by atoms with Gasteiger partial charge in [0.25, 0.3) is 0 Å². The Labute approximate surface area is 115 Å². The Kier molecular flexibility index (Phi) is 2.72. The highest BCUT2D eigenvalue weighted by Crippen LogP contribution is 2.37. The molecule has 2 aromatic carbocycles. The molecule has 0 atom stereocenters. The fraction of sp³-hybridized carbons (Fsp3) is 0.133. The normalized spacial score (nSPS) is 11.1. The fourth-order valence-corrected chi connectivity index (χ4v) is 2.36. The molecule has 0 spiro atoms. The summed E-state index contributed by atoms with van der Waals surface area (Å²) in [6, 6.07) is 9.36. The largest absolute Gasteiger partial charge is 0.506 e. The van der Waals surface area contributed by atoms with Gasteiger partial charge in [-0.3, -0.25) is 0 Å². The maximum atomic E-state index is 9.58. The average Bonchev–Trinajstić information content (AvgIpc) is 2.82. The van der Waals surface area contributed by atoms with E-state index in [-0.39, 0.29) is 10.8 Å². The van der Waals surface area contributed by atoms with Crippen molar-refractivity contribution in [2.75, 3.05) is 0 Å². The monoisotopic (exact) mass is 273 g/mol. The maximum Gasteiger partial charge on any atom is 0.189 e. The lowest BCUT2D eigenvalue weighted by atomic mass is 9.99. The van der Waals surface area contributed by atoms with E-state index in [2.05, 4.69) is 18.1 Å². The van der Waals surface area contributed by atoms with E-state index in [9.17, 15) is 5.11 Å². The first kappa shape index (κ1) is 12.1. The van der Waals surface area contributed by atoms with Crippen molar-refractivity contribution in [1.29, 1.82) is 0 Å². The molecule has 3 rings (SSSR count). The second-order valence-electron chi connectivity index (χ2n) is 4.55. The molecular formula is C15H12ClNO2.